The molecule has 2 N–H and O–H groups in total. The molecule has 45 heavy (non-hydrogen) atoms. The van der Waals surface area contributed by atoms with Crippen molar-refractivity contribution in [3.8, 4) is 0 Å². The lowest BCUT2D eigenvalue weighted by atomic mass is 9.99. The van der Waals surface area contributed by atoms with Gasteiger partial charge in [0, 0.05) is 75.1 Å². The zero-order chi connectivity index (χ0) is 31.9. The van der Waals surface area contributed by atoms with Gasteiger partial charge in [0.25, 0.3) is 11.6 Å². The molecule has 2 heterocycles. The number of carbonyl (C=O) groups excluding carboxylic acids is 2. The molecule has 238 valence electrons. The summed E-state index contributed by atoms with van der Waals surface area (Å²) in [6.07, 6.45) is -1.26. The third kappa shape index (κ3) is 8.43. The van der Waals surface area contributed by atoms with E-state index in [-0.39, 0.29) is 24.5 Å². The van der Waals surface area contributed by atoms with Gasteiger partial charge in [-0.3, -0.25) is 24.6 Å². The fraction of sp³-hybridized carbons (Fsp3) is 0.394. The molecule has 2 saturated heterocycles. The number of hydrogen-bond acceptors (Lipinski definition) is 10. The first kappa shape index (κ1) is 32.0. The fourth-order valence-corrected chi connectivity index (χ4v) is 5.56. The minimum Gasteiger partial charge on any atom is -0.453 e. The van der Waals surface area contributed by atoms with Gasteiger partial charge in [0.1, 0.15) is 0 Å². The fourth-order valence-electron chi connectivity index (χ4n) is 5.56. The minimum absolute atomic E-state index is 0.0332. The van der Waals surface area contributed by atoms with Gasteiger partial charge < -0.3 is 29.5 Å². The summed E-state index contributed by atoms with van der Waals surface area (Å²) >= 11 is 0. The van der Waals surface area contributed by atoms with E-state index in [9.17, 15) is 24.8 Å². The van der Waals surface area contributed by atoms with Crippen LogP contribution in [-0.4, -0.2) is 71.7 Å². The van der Waals surface area contributed by atoms with Crippen LogP contribution in [-0.2, 0) is 30.4 Å². The summed E-state index contributed by atoms with van der Waals surface area (Å²) in [6, 6.07) is 21.6. The van der Waals surface area contributed by atoms with E-state index < -0.39 is 29.2 Å². The van der Waals surface area contributed by atoms with Crippen molar-refractivity contribution >= 4 is 28.9 Å². The second kappa shape index (κ2) is 14.6. The zero-order valence-corrected chi connectivity index (χ0v) is 25.3. The Balaban J connectivity index is 1.24. The monoisotopic (exact) mass is 618 g/mol. The van der Waals surface area contributed by atoms with Gasteiger partial charge in [0.05, 0.1) is 23.7 Å². The number of ether oxygens (including phenoxy) is 3. The number of nitro benzene ring substituents is 1. The summed E-state index contributed by atoms with van der Waals surface area (Å²) in [5.41, 5.74) is 4.22. The van der Waals surface area contributed by atoms with E-state index in [4.69, 9.17) is 14.2 Å². The third-order valence-corrected chi connectivity index (χ3v) is 8.04. The second-order valence-corrected chi connectivity index (χ2v) is 11.3. The van der Waals surface area contributed by atoms with Gasteiger partial charge in [-0.15, -0.1) is 0 Å². The molecule has 0 bridgehead atoms. The molecule has 3 aromatic rings. The number of non-ortho nitro benzene ring substituents is 1. The van der Waals surface area contributed by atoms with Crippen molar-refractivity contribution in [2.24, 2.45) is 0 Å². The standard InChI is InChI=1S/C33H38N4O8/c1-22(43-23(2)39)32(40)34-27-9-7-26(8-10-27)33-44-30(19-31(45-33)25-5-3-24(21-38)4-6-25)20-35-15-17-36(18-16-35)28-11-13-29(14-12-28)37(41)42/h3-14,22,30-31,33,38H,15-21H2,1-2H3,(H,34,40)/t22-,30+,31-,33-/m0/s1. The van der Waals surface area contributed by atoms with Gasteiger partial charge in [0.2, 0.25) is 0 Å². The first-order valence-corrected chi connectivity index (χ1v) is 15.0. The molecule has 0 unspecified atom stereocenters. The summed E-state index contributed by atoms with van der Waals surface area (Å²) in [5.74, 6) is -0.954. The van der Waals surface area contributed by atoms with E-state index in [1.807, 2.05) is 36.4 Å². The number of nitrogens with zero attached hydrogens (tertiary/aromatic N) is 3. The predicted octanol–water partition coefficient (Wildman–Crippen LogP) is 4.34. The number of nitrogens with one attached hydrogen (secondary N) is 1. The van der Waals surface area contributed by atoms with Crippen LogP contribution in [0.25, 0.3) is 0 Å². The predicted molar refractivity (Wildman–Crippen MR) is 166 cm³/mol. The molecule has 12 heteroatoms. The van der Waals surface area contributed by atoms with Gasteiger partial charge in [-0.25, -0.2) is 0 Å². The van der Waals surface area contributed by atoms with Crippen molar-refractivity contribution in [2.75, 3.05) is 42.9 Å². The molecule has 1 amide bonds. The maximum absolute atomic E-state index is 12.4. The van der Waals surface area contributed by atoms with E-state index in [0.717, 1.165) is 48.6 Å². The minimum atomic E-state index is -0.915. The highest BCUT2D eigenvalue weighted by Gasteiger charge is 2.34. The quantitative estimate of drug-likeness (QED) is 0.191. The number of esters is 1. The Kier molecular flexibility index (Phi) is 10.4. The summed E-state index contributed by atoms with van der Waals surface area (Å²) < 4.78 is 17.9. The Hall–Kier alpha value is -4.36. The Labute approximate surface area is 261 Å². The first-order valence-electron chi connectivity index (χ1n) is 15.0. The molecule has 2 aliphatic heterocycles. The zero-order valence-electron chi connectivity index (χ0n) is 25.3. The molecule has 0 spiro atoms. The SMILES string of the molecule is CC(=O)O[C@@H](C)C(=O)Nc1ccc([C@H]2O[C@@H](CN3CCN(c4ccc([N+](=O)[O-])cc4)CC3)C[C@@H](c3ccc(CO)cc3)O2)cc1. The number of rotatable bonds is 10. The highest BCUT2D eigenvalue weighted by molar-refractivity contribution is 5.94. The van der Waals surface area contributed by atoms with Crippen LogP contribution in [0, 0.1) is 10.1 Å². The van der Waals surface area contributed by atoms with Crippen molar-refractivity contribution in [2.45, 2.75) is 51.5 Å². The number of piperazine rings is 1. The lowest BCUT2D eigenvalue weighted by Gasteiger charge is -2.41. The third-order valence-electron chi connectivity index (χ3n) is 8.04. The molecule has 2 fully saturated rings. The molecule has 4 atom stereocenters. The Bertz CT molecular complexity index is 1460. The maximum Gasteiger partial charge on any atom is 0.303 e. The van der Waals surface area contributed by atoms with Crippen molar-refractivity contribution in [1.82, 2.24) is 4.90 Å². The molecule has 0 aromatic heterocycles. The second-order valence-electron chi connectivity index (χ2n) is 11.3. The van der Waals surface area contributed by atoms with E-state index in [1.165, 1.54) is 26.0 Å². The molecule has 3 aromatic carbocycles. The van der Waals surface area contributed by atoms with Crippen LogP contribution in [0.15, 0.2) is 72.8 Å². The Morgan fingerprint density at radius 1 is 0.978 bits per heavy atom. The molecule has 0 saturated carbocycles. The summed E-state index contributed by atoms with van der Waals surface area (Å²) in [7, 11) is 0. The number of aliphatic hydroxyl groups is 1. The number of carbonyl (C=O) groups is 2. The van der Waals surface area contributed by atoms with Crippen molar-refractivity contribution < 1.29 is 33.8 Å². The molecule has 12 nitrogen and oxygen atoms in total. The van der Waals surface area contributed by atoms with E-state index in [2.05, 4.69) is 15.1 Å². The van der Waals surface area contributed by atoms with E-state index in [1.54, 1.807) is 24.3 Å². The van der Waals surface area contributed by atoms with Crippen LogP contribution in [0.1, 0.15) is 49.4 Å². The van der Waals surface area contributed by atoms with E-state index >= 15 is 0 Å². The van der Waals surface area contributed by atoms with Crippen molar-refractivity contribution in [3.63, 3.8) is 0 Å². The lowest BCUT2D eigenvalue weighted by Crippen LogP contribution is -2.49. The molecule has 0 aliphatic carbocycles. The van der Waals surface area contributed by atoms with Crippen LogP contribution in [0.3, 0.4) is 0 Å². The highest BCUT2D eigenvalue weighted by Crippen LogP contribution is 2.38. The number of amides is 1. The normalized spacial score (nSPS) is 21.1. The smallest absolute Gasteiger partial charge is 0.303 e. The number of aliphatic hydroxyl groups excluding tert-OH is 1. The average Bonchev–Trinajstić information content (AvgIpc) is 3.05. The molecular weight excluding hydrogens is 580 g/mol. The largest absolute Gasteiger partial charge is 0.453 e. The van der Waals surface area contributed by atoms with Gasteiger partial charge in [-0.2, -0.15) is 0 Å². The summed E-state index contributed by atoms with van der Waals surface area (Å²) in [4.78, 5) is 38.8. The molecule has 2 aliphatic rings. The molecular formula is C33H38N4O8. The van der Waals surface area contributed by atoms with Gasteiger partial charge in [-0.05, 0) is 42.3 Å². The Morgan fingerprint density at radius 3 is 2.22 bits per heavy atom. The van der Waals surface area contributed by atoms with Crippen LogP contribution in [0.5, 0.6) is 0 Å². The van der Waals surface area contributed by atoms with Crippen molar-refractivity contribution in [1.29, 1.82) is 0 Å². The maximum atomic E-state index is 12.4. The average molecular weight is 619 g/mol. The first-order chi connectivity index (χ1) is 21.7. The number of anilines is 2. The van der Waals surface area contributed by atoms with Gasteiger partial charge >= 0.3 is 5.97 Å². The Morgan fingerprint density at radius 2 is 1.62 bits per heavy atom. The van der Waals surface area contributed by atoms with E-state index in [0.29, 0.717) is 18.7 Å². The van der Waals surface area contributed by atoms with Gasteiger partial charge in [0.15, 0.2) is 12.4 Å². The number of hydrogen-bond donors (Lipinski definition) is 2. The van der Waals surface area contributed by atoms with Crippen LogP contribution < -0.4 is 10.2 Å². The number of nitro groups is 1. The van der Waals surface area contributed by atoms with Crippen LogP contribution >= 0.6 is 0 Å². The highest BCUT2D eigenvalue weighted by atomic mass is 16.7. The van der Waals surface area contributed by atoms with Crippen LogP contribution in [0.4, 0.5) is 17.1 Å². The van der Waals surface area contributed by atoms with Crippen molar-refractivity contribution in [3.05, 3.63) is 99.6 Å². The molecule has 0 radical (unpaired) electrons. The summed E-state index contributed by atoms with van der Waals surface area (Å²) in [5, 5.41) is 23.2. The molecule has 5 rings (SSSR count). The summed E-state index contributed by atoms with van der Waals surface area (Å²) in [6.45, 7) is 6.66. The van der Waals surface area contributed by atoms with Gasteiger partial charge in [-0.1, -0.05) is 36.4 Å². The number of benzene rings is 3. The lowest BCUT2D eigenvalue weighted by molar-refractivity contribution is -0.384. The topological polar surface area (TPSA) is 144 Å². The van der Waals surface area contributed by atoms with Crippen LogP contribution in [0.2, 0.25) is 0 Å².